The number of aryl methyl sites for hydroxylation is 1. The maximum absolute atomic E-state index is 12.8. The first-order valence-electron chi connectivity index (χ1n) is 14.6. The number of aromatic nitrogens is 4. The number of carbonyl (C=O) groups is 4. The minimum Gasteiger partial charge on any atom is -0.542 e. The number of aliphatic hydroxyl groups is 1. The molecule has 20 heteroatoms. The number of hydrogen-bond donors (Lipinski definition) is 5. The monoisotopic (exact) mass is 701 g/mol. The molecule has 48 heavy (non-hydrogen) atoms. The van der Waals surface area contributed by atoms with Gasteiger partial charge in [-0.1, -0.05) is 11.6 Å². The van der Waals surface area contributed by atoms with Crippen LogP contribution in [0.3, 0.4) is 0 Å². The van der Waals surface area contributed by atoms with Crippen LogP contribution >= 0.6 is 11.6 Å². The van der Waals surface area contributed by atoms with E-state index in [4.69, 9.17) is 37.7 Å². The number of fused-ring (bicyclic) bond motifs is 1. The van der Waals surface area contributed by atoms with Crippen LogP contribution in [0.2, 0.25) is 5.15 Å². The van der Waals surface area contributed by atoms with Gasteiger partial charge in [-0.3, -0.25) is 14.4 Å². The number of benzene rings is 1. The highest BCUT2D eigenvalue weighted by Crippen LogP contribution is 2.22. The van der Waals surface area contributed by atoms with E-state index < -0.39 is 18.1 Å². The van der Waals surface area contributed by atoms with Gasteiger partial charge < -0.3 is 46.7 Å². The Hall–Kier alpha value is -4.91. The van der Waals surface area contributed by atoms with Crippen molar-refractivity contribution in [3.05, 3.63) is 34.9 Å². The summed E-state index contributed by atoms with van der Waals surface area (Å²) in [6.07, 6.45) is -3.79. The van der Waals surface area contributed by atoms with Crippen LogP contribution in [0.5, 0.6) is 5.75 Å². The number of carboxylic acid groups (broad SMARTS) is 1. The van der Waals surface area contributed by atoms with Crippen molar-refractivity contribution in [2.45, 2.75) is 58.5 Å². The van der Waals surface area contributed by atoms with Crippen molar-refractivity contribution in [1.29, 1.82) is 0 Å². The quantitative estimate of drug-likeness (QED) is 0.166. The third kappa shape index (κ3) is 9.57. The van der Waals surface area contributed by atoms with Crippen LogP contribution in [-0.4, -0.2) is 86.8 Å². The number of anilines is 2. The van der Waals surface area contributed by atoms with Gasteiger partial charge in [0.15, 0.2) is 40.1 Å². The van der Waals surface area contributed by atoms with Gasteiger partial charge >= 0.3 is 6.18 Å². The number of nitrogen functional groups attached to an aromatic ring is 2. The van der Waals surface area contributed by atoms with Crippen LogP contribution in [0.4, 0.5) is 24.8 Å². The summed E-state index contributed by atoms with van der Waals surface area (Å²) in [4.78, 5) is 55.2. The Bertz CT molecular complexity index is 1660. The van der Waals surface area contributed by atoms with Gasteiger partial charge in [-0.25, -0.2) is 19.1 Å². The predicted octanol–water partition coefficient (Wildman–Crippen LogP) is -0.717. The molecule has 262 valence electrons. The number of carboxylic acids is 1. The summed E-state index contributed by atoms with van der Waals surface area (Å²) in [5.74, 6) is -2.81. The number of piperidine rings is 1. The normalized spacial score (nSPS) is 13.4. The van der Waals surface area contributed by atoms with Crippen LogP contribution in [0, 0.1) is 0 Å². The number of aliphatic hydroxyl groups excluding tert-OH is 1. The van der Waals surface area contributed by atoms with Crippen LogP contribution in [0.25, 0.3) is 11.0 Å². The smallest absolute Gasteiger partial charge is 0.430 e. The summed E-state index contributed by atoms with van der Waals surface area (Å²) < 4.78 is 41.2. The lowest BCUT2D eigenvalue weighted by Crippen LogP contribution is -2.47. The maximum atomic E-state index is 12.8. The molecule has 3 heterocycles. The number of amides is 3. The fourth-order valence-electron chi connectivity index (χ4n) is 4.96. The Morgan fingerprint density at radius 3 is 2.38 bits per heavy atom. The number of imidazole rings is 1. The van der Waals surface area contributed by atoms with Crippen molar-refractivity contribution in [2.24, 2.45) is 0 Å². The van der Waals surface area contributed by atoms with Gasteiger partial charge in [0.1, 0.15) is 24.8 Å². The van der Waals surface area contributed by atoms with Gasteiger partial charge in [0.05, 0.1) is 13.2 Å². The number of nitrogens with two attached hydrogens (primary N) is 2. The van der Waals surface area contributed by atoms with E-state index in [1.54, 1.807) is 24.0 Å². The Morgan fingerprint density at radius 1 is 1.17 bits per heavy atom. The summed E-state index contributed by atoms with van der Waals surface area (Å²) in [6, 6.07) is 5.43. The first-order valence-corrected chi connectivity index (χ1v) is 14.9. The second-order valence-electron chi connectivity index (χ2n) is 10.4. The van der Waals surface area contributed by atoms with Gasteiger partial charge in [0.25, 0.3) is 17.6 Å². The minimum absolute atomic E-state index is 0.00199. The van der Waals surface area contributed by atoms with Gasteiger partial charge in [-0.15, -0.1) is 0 Å². The maximum Gasteiger partial charge on any atom is 0.430 e. The number of hydrogen-bond acceptors (Lipinski definition) is 11. The zero-order valence-corrected chi connectivity index (χ0v) is 26.7. The Morgan fingerprint density at radius 2 is 1.81 bits per heavy atom. The molecule has 1 aliphatic rings. The SMILES string of the molecule is CC[n+]1c(CNC(=O)c2nc(Cl)c(N)nc2N)n(CCO)c2cc(OCC(=O)NC3CCN(C(C)=O)CC3)ccc21.O=C([O-])C(F)(F)F. The number of nitrogens with one attached hydrogen (secondary N) is 2. The Kier molecular flexibility index (Phi) is 12.7. The van der Waals surface area contributed by atoms with E-state index in [1.165, 1.54) is 0 Å². The number of alkyl halides is 3. The second kappa shape index (κ2) is 16.3. The third-order valence-corrected chi connectivity index (χ3v) is 7.50. The van der Waals surface area contributed by atoms with E-state index in [0.29, 0.717) is 44.0 Å². The van der Waals surface area contributed by atoms with E-state index in [2.05, 4.69) is 20.6 Å². The van der Waals surface area contributed by atoms with E-state index in [1.807, 2.05) is 22.1 Å². The first-order chi connectivity index (χ1) is 22.6. The topological polar surface area (TPSA) is 235 Å². The van der Waals surface area contributed by atoms with Crippen molar-refractivity contribution in [3.63, 3.8) is 0 Å². The number of likely N-dealkylation sites (tertiary alicyclic amines) is 1. The molecule has 1 aromatic carbocycles. The lowest BCUT2D eigenvalue weighted by atomic mass is 10.1. The molecular formula is C28H35ClF3N9O7. The van der Waals surface area contributed by atoms with E-state index in [-0.39, 0.29) is 66.6 Å². The molecule has 7 N–H and O–H groups in total. The molecule has 0 radical (unpaired) electrons. The van der Waals surface area contributed by atoms with Gasteiger partial charge in [0, 0.05) is 32.1 Å². The molecule has 0 unspecified atom stereocenters. The highest BCUT2D eigenvalue weighted by Gasteiger charge is 2.29. The number of ether oxygens (including phenoxy) is 1. The number of carbonyl (C=O) groups excluding carboxylic acids is 4. The second-order valence-corrected chi connectivity index (χ2v) is 10.8. The molecular weight excluding hydrogens is 667 g/mol. The third-order valence-electron chi connectivity index (χ3n) is 7.23. The van der Waals surface area contributed by atoms with Crippen LogP contribution in [0.1, 0.15) is 43.0 Å². The number of rotatable bonds is 10. The molecule has 1 saturated heterocycles. The molecule has 0 atom stereocenters. The lowest BCUT2D eigenvalue weighted by molar-refractivity contribution is -0.676. The lowest BCUT2D eigenvalue weighted by Gasteiger charge is -2.31. The highest BCUT2D eigenvalue weighted by atomic mass is 35.5. The molecule has 3 amide bonds. The zero-order valence-electron chi connectivity index (χ0n) is 26.0. The average Bonchev–Trinajstić information content (AvgIpc) is 3.32. The summed E-state index contributed by atoms with van der Waals surface area (Å²) in [6.45, 7) is 5.37. The van der Waals surface area contributed by atoms with E-state index in [9.17, 15) is 32.7 Å². The molecule has 0 spiro atoms. The molecule has 2 aromatic heterocycles. The molecule has 1 aliphatic heterocycles. The molecule has 3 aromatic rings. The van der Waals surface area contributed by atoms with E-state index in [0.717, 1.165) is 11.0 Å². The molecule has 1 fully saturated rings. The van der Waals surface area contributed by atoms with Crippen molar-refractivity contribution in [3.8, 4) is 5.75 Å². The summed E-state index contributed by atoms with van der Waals surface area (Å²) >= 11 is 5.92. The number of halogens is 4. The van der Waals surface area contributed by atoms with Gasteiger partial charge in [-0.2, -0.15) is 13.2 Å². The zero-order chi connectivity index (χ0) is 35.8. The van der Waals surface area contributed by atoms with Crippen LogP contribution in [0.15, 0.2) is 18.2 Å². The van der Waals surface area contributed by atoms with Gasteiger partial charge in [0.2, 0.25) is 5.91 Å². The minimum atomic E-state index is -5.19. The van der Waals surface area contributed by atoms with Crippen LogP contribution in [-0.2, 0) is 34.0 Å². The summed E-state index contributed by atoms with van der Waals surface area (Å²) in [5, 5.41) is 24.2. The number of aliphatic carboxylic acids is 1. The number of nitrogens with zero attached hydrogens (tertiary/aromatic N) is 5. The molecule has 0 saturated carbocycles. The van der Waals surface area contributed by atoms with E-state index >= 15 is 0 Å². The largest absolute Gasteiger partial charge is 0.542 e. The Labute approximate surface area is 276 Å². The predicted molar refractivity (Wildman–Crippen MR) is 162 cm³/mol. The van der Waals surface area contributed by atoms with Crippen molar-refractivity contribution < 1.29 is 51.9 Å². The Balaban J connectivity index is 0.000000804. The molecule has 16 nitrogen and oxygen atoms in total. The fourth-order valence-corrected chi connectivity index (χ4v) is 5.09. The summed E-state index contributed by atoms with van der Waals surface area (Å²) in [7, 11) is 0. The standard InChI is InChI=1S/C26H34ClN9O5.C2HF3O2/c1-3-35-18-5-4-17(41-14-20(39)31-16-6-8-34(9-7-16)15(2)38)12-19(18)36(10-11-37)21(35)13-30-26(40)22-24(28)33-25(29)23(27)32-22;3-2(4,5)1(6)7/h4-5,12,16,37H,3,6-11,13-14H2,1-2H3,(H5-,28,29,30,31,33,39,40);(H,6,7). The van der Waals surface area contributed by atoms with Crippen molar-refractivity contribution in [2.75, 3.05) is 37.8 Å². The molecule has 4 rings (SSSR count). The highest BCUT2D eigenvalue weighted by molar-refractivity contribution is 6.31. The molecule has 0 aliphatic carbocycles. The van der Waals surface area contributed by atoms with Crippen LogP contribution < -0.4 is 36.5 Å². The average molecular weight is 702 g/mol. The van der Waals surface area contributed by atoms with Crippen molar-refractivity contribution in [1.82, 2.24) is 30.1 Å². The van der Waals surface area contributed by atoms with Crippen molar-refractivity contribution >= 4 is 58.0 Å². The summed E-state index contributed by atoms with van der Waals surface area (Å²) in [5.41, 5.74) is 12.9. The molecule has 0 bridgehead atoms. The fraction of sp³-hybridized carbons (Fsp3) is 0.464. The van der Waals surface area contributed by atoms with Gasteiger partial charge in [-0.05, 0) is 31.9 Å². The first kappa shape index (κ1) is 37.5.